The van der Waals surface area contributed by atoms with E-state index in [4.69, 9.17) is 4.74 Å². The van der Waals surface area contributed by atoms with E-state index >= 15 is 0 Å². The molecular formula is C16H29N3O. The Morgan fingerprint density at radius 2 is 2.30 bits per heavy atom. The van der Waals surface area contributed by atoms with Crippen LogP contribution in [0.1, 0.15) is 57.7 Å². The van der Waals surface area contributed by atoms with Crippen molar-refractivity contribution in [3.63, 3.8) is 0 Å². The van der Waals surface area contributed by atoms with Gasteiger partial charge in [-0.15, -0.1) is 0 Å². The Labute approximate surface area is 122 Å². The van der Waals surface area contributed by atoms with Gasteiger partial charge in [0, 0.05) is 31.3 Å². The summed E-state index contributed by atoms with van der Waals surface area (Å²) in [7, 11) is 2.05. The van der Waals surface area contributed by atoms with Gasteiger partial charge in [0.1, 0.15) is 0 Å². The van der Waals surface area contributed by atoms with Crippen molar-refractivity contribution >= 4 is 0 Å². The maximum Gasteiger partial charge on any atom is 0.0640 e. The molecule has 0 aliphatic carbocycles. The highest BCUT2D eigenvalue weighted by Gasteiger charge is 2.17. The highest BCUT2D eigenvalue weighted by Crippen LogP contribution is 2.18. The minimum atomic E-state index is 0.437. The lowest BCUT2D eigenvalue weighted by atomic mass is 9.99. The first kappa shape index (κ1) is 15.5. The van der Waals surface area contributed by atoms with E-state index in [-0.39, 0.29) is 0 Å². The minimum absolute atomic E-state index is 0.437. The molecule has 0 saturated carbocycles. The zero-order valence-electron chi connectivity index (χ0n) is 13.1. The molecule has 1 aromatic heterocycles. The van der Waals surface area contributed by atoms with E-state index in [0.29, 0.717) is 18.2 Å². The molecule has 4 nitrogen and oxygen atoms in total. The number of ether oxygens (including phenoxy) is 1. The van der Waals surface area contributed by atoms with Gasteiger partial charge in [-0.05, 0) is 59.1 Å². The molecule has 2 atom stereocenters. The average molecular weight is 279 g/mol. The molecule has 0 amide bonds. The highest BCUT2D eigenvalue weighted by molar-refractivity contribution is 5.02. The number of hydrogen-bond acceptors (Lipinski definition) is 3. The first-order chi connectivity index (χ1) is 9.69. The zero-order valence-corrected chi connectivity index (χ0v) is 13.1. The molecule has 4 heteroatoms. The van der Waals surface area contributed by atoms with Crippen LogP contribution in [0, 0.1) is 0 Å². The topological polar surface area (TPSA) is 39.1 Å². The van der Waals surface area contributed by atoms with Crippen LogP contribution >= 0.6 is 0 Å². The third-order valence-corrected chi connectivity index (χ3v) is 4.17. The normalized spacial score (nSPS) is 21.3. The van der Waals surface area contributed by atoms with Gasteiger partial charge in [-0.25, -0.2) is 0 Å². The molecule has 1 aliphatic heterocycles. The van der Waals surface area contributed by atoms with E-state index in [1.54, 1.807) is 0 Å². The molecule has 1 N–H and O–H groups in total. The van der Waals surface area contributed by atoms with Crippen LogP contribution in [0.2, 0.25) is 0 Å². The van der Waals surface area contributed by atoms with Gasteiger partial charge < -0.3 is 10.1 Å². The largest absolute Gasteiger partial charge is 0.378 e. The lowest BCUT2D eigenvalue weighted by molar-refractivity contribution is 0.00868. The molecule has 1 aromatic rings. The van der Waals surface area contributed by atoms with Crippen LogP contribution in [0.3, 0.4) is 0 Å². The lowest BCUT2D eigenvalue weighted by Crippen LogP contribution is -2.30. The minimum Gasteiger partial charge on any atom is -0.378 e. The van der Waals surface area contributed by atoms with Crippen LogP contribution in [-0.2, 0) is 11.2 Å². The summed E-state index contributed by atoms with van der Waals surface area (Å²) in [6.45, 7) is 5.27. The number of nitrogens with zero attached hydrogens (tertiary/aromatic N) is 2. The molecule has 114 valence electrons. The number of nitrogens with one attached hydrogen (secondary N) is 1. The fourth-order valence-corrected chi connectivity index (χ4v) is 2.80. The van der Waals surface area contributed by atoms with Gasteiger partial charge >= 0.3 is 0 Å². The second-order valence-electron chi connectivity index (χ2n) is 6.14. The SMILES string of the molecule is CNC(CCC1CCCCO1)Cc1ccn(C(C)C)n1. The standard InChI is InChI=1S/C16H29N3O/c1-13(2)19-10-9-15(18-19)12-14(17-3)7-8-16-6-4-5-11-20-16/h9-10,13-14,16-17H,4-8,11-12H2,1-3H3. The van der Waals surface area contributed by atoms with Crippen molar-refractivity contribution in [2.24, 2.45) is 0 Å². The van der Waals surface area contributed by atoms with Gasteiger partial charge in [-0.3, -0.25) is 4.68 Å². The van der Waals surface area contributed by atoms with Crippen LogP contribution in [0.25, 0.3) is 0 Å². The molecule has 0 spiro atoms. The summed E-state index contributed by atoms with van der Waals surface area (Å²) < 4.78 is 7.85. The van der Waals surface area contributed by atoms with Gasteiger partial charge in [-0.2, -0.15) is 5.10 Å². The fraction of sp³-hybridized carbons (Fsp3) is 0.812. The summed E-state index contributed by atoms with van der Waals surface area (Å²) in [6, 6.07) is 3.07. The number of likely N-dealkylation sites (N-methyl/N-ethyl adjacent to an activating group) is 1. The summed E-state index contributed by atoms with van der Waals surface area (Å²) in [4.78, 5) is 0. The Hall–Kier alpha value is -0.870. The third kappa shape index (κ3) is 4.60. The maximum atomic E-state index is 5.81. The quantitative estimate of drug-likeness (QED) is 0.834. The number of aromatic nitrogens is 2. The Kier molecular flexibility index (Phi) is 6.05. The van der Waals surface area contributed by atoms with Crippen LogP contribution < -0.4 is 5.32 Å². The summed E-state index contributed by atoms with van der Waals surface area (Å²) in [5.41, 5.74) is 1.18. The van der Waals surface area contributed by atoms with Gasteiger partial charge in [0.2, 0.25) is 0 Å². The summed E-state index contributed by atoms with van der Waals surface area (Å²) in [5, 5.41) is 8.06. The molecule has 20 heavy (non-hydrogen) atoms. The van der Waals surface area contributed by atoms with Crippen molar-refractivity contribution in [2.75, 3.05) is 13.7 Å². The Balaban J connectivity index is 1.78. The molecule has 2 rings (SSSR count). The van der Waals surface area contributed by atoms with E-state index in [2.05, 4.69) is 36.5 Å². The van der Waals surface area contributed by atoms with Gasteiger partial charge in [0.15, 0.2) is 0 Å². The van der Waals surface area contributed by atoms with Crippen LogP contribution in [-0.4, -0.2) is 35.6 Å². The average Bonchev–Trinajstić information content (AvgIpc) is 2.93. The predicted molar refractivity (Wildman–Crippen MR) is 82.0 cm³/mol. The van der Waals surface area contributed by atoms with Gasteiger partial charge in [0.05, 0.1) is 11.8 Å². The summed E-state index contributed by atoms with van der Waals surface area (Å²) in [6.07, 6.45) is 9.68. The monoisotopic (exact) mass is 279 g/mol. The van der Waals surface area contributed by atoms with Crippen molar-refractivity contribution < 1.29 is 4.74 Å². The number of hydrogen-bond donors (Lipinski definition) is 1. The fourth-order valence-electron chi connectivity index (χ4n) is 2.80. The van der Waals surface area contributed by atoms with Crippen molar-refractivity contribution in [3.8, 4) is 0 Å². The van der Waals surface area contributed by atoms with Crippen LogP contribution in [0.4, 0.5) is 0 Å². The van der Waals surface area contributed by atoms with E-state index in [0.717, 1.165) is 25.9 Å². The molecule has 1 aliphatic rings. The van der Waals surface area contributed by atoms with Crippen LogP contribution in [0.15, 0.2) is 12.3 Å². The predicted octanol–water partition coefficient (Wildman–Crippen LogP) is 2.94. The first-order valence-electron chi connectivity index (χ1n) is 8.02. The smallest absolute Gasteiger partial charge is 0.0640 e. The second-order valence-corrected chi connectivity index (χ2v) is 6.14. The molecule has 0 radical (unpaired) electrons. The molecule has 2 heterocycles. The maximum absolute atomic E-state index is 5.81. The molecule has 0 bridgehead atoms. The highest BCUT2D eigenvalue weighted by atomic mass is 16.5. The Morgan fingerprint density at radius 3 is 2.90 bits per heavy atom. The second kappa shape index (κ2) is 7.79. The Morgan fingerprint density at radius 1 is 1.45 bits per heavy atom. The third-order valence-electron chi connectivity index (χ3n) is 4.17. The van der Waals surface area contributed by atoms with Crippen molar-refractivity contribution in [1.82, 2.24) is 15.1 Å². The van der Waals surface area contributed by atoms with Crippen LogP contribution in [0.5, 0.6) is 0 Å². The van der Waals surface area contributed by atoms with Gasteiger partial charge in [-0.1, -0.05) is 0 Å². The van der Waals surface area contributed by atoms with E-state index < -0.39 is 0 Å². The van der Waals surface area contributed by atoms with Crippen molar-refractivity contribution in [3.05, 3.63) is 18.0 Å². The van der Waals surface area contributed by atoms with Crippen molar-refractivity contribution in [2.45, 2.75) is 70.6 Å². The van der Waals surface area contributed by atoms with Gasteiger partial charge in [0.25, 0.3) is 0 Å². The Bertz CT molecular complexity index is 383. The molecule has 1 saturated heterocycles. The van der Waals surface area contributed by atoms with E-state index in [1.807, 2.05) is 11.7 Å². The first-order valence-corrected chi connectivity index (χ1v) is 8.02. The molecule has 1 fully saturated rings. The van der Waals surface area contributed by atoms with E-state index in [9.17, 15) is 0 Å². The molecular weight excluding hydrogens is 250 g/mol. The number of rotatable bonds is 7. The molecule has 0 aromatic carbocycles. The van der Waals surface area contributed by atoms with Crippen molar-refractivity contribution in [1.29, 1.82) is 0 Å². The summed E-state index contributed by atoms with van der Waals surface area (Å²) in [5.74, 6) is 0. The lowest BCUT2D eigenvalue weighted by Gasteiger charge is -2.24. The summed E-state index contributed by atoms with van der Waals surface area (Å²) >= 11 is 0. The zero-order chi connectivity index (χ0) is 14.4. The molecule has 2 unspecified atom stereocenters. The van der Waals surface area contributed by atoms with E-state index in [1.165, 1.54) is 25.0 Å².